The molecule has 192 valence electrons. The van der Waals surface area contributed by atoms with Crippen LogP contribution in [0.2, 0.25) is 5.02 Å². The van der Waals surface area contributed by atoms with Crippen LogP contribution in [0.15, 0.2) is 72.8 Å². The van der Waals surface area contributed by atoms with Gasteiger partial charge in [0.1, 0.15) is 16.9 Å². The van der Waals surface area contributed by atoms with Crippen molar-refractivity contribution in [2.75, 3.05) is 11.9 Å². The van der Waals surface area contributed by atoms with Gasteiger partial charge in [0.15, 0.2) is 5.65 Å². The maximum absolute atomic E-state index is 13.6. The molecule has 0 aliphatic carbocycles. The van der Waals surface area contributed by atoms with Crippen LogP contribution in [-0.4, -0.2) is 33.0 Å². The highest BCUT2D eigenvalue weighted by Gasteiger charge is 2.29. The minimum atomic E-state index is -0.573. The van der Waals surface area contributed by atoms with Crippen LogP contribution in [0.25, 0.3) is 27.9 Å². The number of esters is 1. The van der Waals surface area contributed by atoms with Crippen LogP contribution in [0.1, 0.15) is 52.5 Å². The number of para-hydroxylation sites is 2. The van der Waals surface area contributed by atoms with Gasteiger partial charge in [0.2, 0.25) is 0 Å². The monoisotopic (exact) mass is 526 g/mol. The Bertz CT molecular complexity index is 1640. The number of hydrogen-bond acceptors (Lipinski definition) is 5. The van der Waals surface area contributed by atoms with E-state index < -0.39 is 11.9 Å². The predicted molar refractivity (Wildman–Crippen MR) is 150 cm³/mol. The van der Waals surface area contributed by atoms with E-state index in [1.54, 1.807) is 28.8 Å². The number of carbonyl (C=O) groups is 2. The molecule has 0 spiro atoms. The van der Waals surface area contributed by atoms with Gasteiger partial charge >= 0.3 is 5.97 Å². The van der Waals surface area contributed by atoms with E-state index in [2.05, 4.69) is 12.2 Å². The predicted octanol–water partition coefficient (Wildman–Crippen LogP) is 7.13. The summed E-state index contributed by atoms with van der Waals surface area (Å²) in [7, 11) is 0. The fraction of sp³-hybridized carbons (Fsp3) is 0.200. The van der Waals surface area contributed by atoms with E-state index in [0.717, 1.165) is 24.8 Å². The van der Waals surface area contributed by atoms with Crippen molar-refractivity contribution in [3.63, 3.8) is 0 Å². The Hall–Kier alpha value is -4.23. The van der Waals surface area contributed by atoms with E-state index in [1.807, 2.05) is 55.5 Å². The van der Waals surface area contributed by atoms with E-state index in [0.29, 0.717) is 32.9 Å². The van der Waals surface area contributed by atoms with Crippen molar-refractivity contribution in [1.29, 1.82) is 0 Å². The Balaban J connectivity index is 1.75. The van der Waals surface area contributed by atoms with E-state index >= 15 is 0 Å². The van der Waals surface area contributed by atoms with Crippen molar-refractivity contribution in [2.45, 2.75) is 33.1 Å². The lowest BCUT2D eigenvalue weighted by Gasteiger charge is -2.14. The fourth-order valence-electron chi connectivity index (χ4n) is 4.31. The number of halogens is 1. The number of rotatable bonds is 8. The molecule has 1 N–H and O–H groups in total. The second kappa shape index (κ2) is 11.0. The van der Waals surface area contributed by atoms with Gasteiger partial charge in [-0.3, -0.25) is 9.36 Å². The van der Waals surface area contributed by atoms with E-state index in [9.17, 15) is 9.59 Å². The maximum atomic E-state index is 13.6. The van der Waals surface area contributed by atoms with Crippen LogP contribution in [0, 0.1) is 6.92 Å². The Kier molecular flexibility index (Phi) is 7.38. The molecular formula is C30H27ClN4O3. The summed E-state index contributed by atoms with van der Waals surface area (Å²) in [5, 5.41) is 3.23. The molecule has 2 heterocycles. The molecule has 0 saturated carbocycles. The van der Waals surface area contributed by atoms with Crippen LogP contribution in [0.4, 0.5) is 5.82 Å². The quantitative estimate of drug-likeness (QED) is 0.171. The number of hydrogen-bond donors (Lipinski definition) is 1. The molecule has 8 heteroatoms. The van der Waals surface area contributed by atoms with Crippen LogP contribution >= 0.6 is 11.6 Å². The molecule has 0 aliphatic heterocycles. The third-order valence-electron chi connectivity index (χ3n) is 6.29. The molecule has 0 radical (unpaired) electrons. The first kappa shape index (κ1) is 25.4. The standard InChI is InChI=1S/C30H27ClN4O3/c1-3-4-9-18-38-30(37)25-26-28(33-24-13-8-7-12-23(24)32-26)35(20-16-14-19(2)15-17-20)27(25)34-29(36)21-10-5-6-11-22(21)31/h5-8,10-17H,3-4,9,18H2,1-2H3,(H,34,36). The second-order valence-electron chi connectivity index (χ2n) is 9.06. The number of aromatic nitrogens is 3. The Morgan fingerprint density at radius 3 is 2.32 bits per heavy atom. The first-order valence-corrected chi connectivity index (χ1v) is 13.0. The normalized spacial score (nSPS) is 11.1. The summed E-state index contributed by atoms with van der Waals surface area (Å²) in [6, 6.07) is 21.9. The van der Waals surface area contributed by atoms with Crippen molar-refractivity contribution in [3.05, 3.63) is 94.5 Å². The highest BCUT2D eigenvalue weighted by Crippen LogP contribution is 2.34. The number of fused-ring (bicyclic) bond motifs is 2. The molecule has 2 aromatic heterocycles. The van der Waals surface area contributed by atoms with Crippen molar-refractivity contribution >= 4 is 51.5 Å². The van der Waals surface area contributed by atoms with Gasteiger partial charge in [-0.05, 0) is 49.7 Å². The Labute approximate surface area is 225 Å². The Morgan fingerprint density at radius 2 is 1.61 bits per heavy atom. The number of amides is 1. The molecule has 0 aliphatic rings. The van der Waals surface area contributed by atoms with Gasteiger partial charge in [-0.1, -0.05) is 73.3 Å². The summed E-state index contributed by atoms with van der Waals surface area (Å²) >= 11 is 6.33. The second-order valence-corrected chi connectivity index (χ2v) is 9.46. The highest BCUT2D eigenvalue weighted by molar-refractivity contribution is 6.34. The first-order valence-electron chi connectivity index (χ1n) is 12.6. The summed E-state index contributed by atoms with van der Waals surface area (Å²) < 4.78 is 7.41. The number of benzene rings is 3. The Morgan fingerprint density at radius 1 is 0.921 bits per heavy atom. The lowest BCUT2D eigenvalue weighted by atomic mass is 10.2. The van der Waals surface area contributed by atoms with E-state index in [-0.39, 0.29) is 23.6 Å². The van der Waals surface area contributed by atoms with E-state index in [1.165, 1.54) is 0 Å². The average molecular weight is 527 g/mol. The lowest BCUT2D eigenvalue weighted by Crippen LogP contribution is -2.18. The van der Waals surface area contributed by atoms with Crippen LogP contribution < -0.4 is 5.32 Å². The topological polar surface area (TPSA) is 86.1 Å². The number of nitrogens with zero attached hydrogens (tertiary/aromatic N) is 3. The van der Waals surface area contributed by atoms with Gasteiger partial charge in [0.25, 0.3) is 5.91 Å². The number of carbonyl (C=O) groups excluding carboxylic acids is 2. The number of unbranched alkanes of at least 4 members (excludes halogenated alkanes) is 2. The number of nitrogens with one attached hydrogen (secondary N) is 1. The number of ether oxygens (including phenoxy) is 1. The number of anilines is 1. The molecule has 0 saturated heterocycles. The zero-order valence-electron chi connectivity index (χ0n) is 21.2. The molecule has 5 aromatic rings. The average Bonchev–Trinajstić information content (AvgIpc) is 3.22. The van der Waals surface area contributed by atoms with Crippen LogP contribution in [0.3, 0.4) is 0 Å². The van der Waals surface area contributed by atoms with Crippen molar-refractivity contribution in [2.24, 2.45) is 0 Å². The summed E-state index contributed by atoms with van der Waals surface area (Å²) in [4.78, 5) is 36.7. The molecule has 5 rings (SSSR count). The van der Waals surface area contributed by atoms with Crippen molar-refractivity contribution < 1.29 is 14.3 Å². The summed E-state index contributed by atoms with van der Waals surface area (Å²) in [5.74, 6) is -0.808. The SMILES string of the molecule is CCCCCOC(=O)c1c(NC(=O)c2ccccc2Cl)n(-c2ccc(C)cc2)c2nc3ccccc3nc12. The van der Waals surface area contributed by atoms with Crippen LogP contribution in [0.5, 0.6) is 0 Å². The molecule has 0 bridgehead atoms. The summed E-state index contributed by atoms with van der Waals surface area (Å²) in [6.07, 6.45) is 2.69. The zero-order chi connectivity index (χ0) is 26.6. The smallest absolute Gasteiger partial charge is 0.344 e. The summed E-state index contributed by atoms with van der Waals surface area (Å²) in [5.41, 5.74) is 4.28. The molecule has 0 fully saturated rings. The molecule has 1 amide bonds. The third kappa shape index (κ3) is 4.97. The van der Waals surface area contributed by atoms with Gasteiger partial charge in [0.05, 0.1) is 28.2 Å². The molecule has 0 atom stereocenters. The van der Waals surface area contributed by atoms with Gasteiger partial charge in [-0.2, -0.15) is 0 Å². The van der Waals surface area contributed by atoms with Crippen molar-refractivity contribution in [3.8, 4) is 5.69 Å². The van der Waals surface area contributed by atoms with Gasteiger partial charge in [-0.25, -0.2) is 14.8 Å². The van der Waals surface area contributed by atoms with Gasteiger partial charge < -0.3 is 10.1 Å². The molecule has 38 heavy (non-hydrogen) atoms. The van der Waals surface area contributed by atoms with Gasteiger partial charge in [0, 0.05) is 5.69 Å². The minimum absolute atomic E-state index is 0.149. The molecule has 7 nitrogen and oxygen atoms in total. The number of aryl methyl sites for hydroxylation is 1. The zero-order valence-corrected chi connectivity index (χ0v) is 22.0. The van der Waals surface area contributed by atoms with E-state index in [4.69, 9.17) is 26.3 Å². The minimum Gasteiger partial charge on any atom is -0.462 e. The fourth-order valence-corrected chi connectivity index (χ4v) is 4.53. The highest BCUT2D eigenvalue weighted by atomic mass is 35.5. The first-order chi connectivity index (χ1) is 18.5. The molecule has 3 aromatic carbocycles. The largest absolute Gasteiger partial charge is 0.462 e. The lowest BCUT2D eigenvalue weighted by molar-refractivity contribution is 0.0501. The molecule has 0 unspecified atom stereocenters. The van der Waals surface area contributed by atoms with Gasteiger partial charge in [-0.15, -0.1) is 0 Å². The maximum Gasteiger partial charge on any atom is 0.344 e. The van der Waals surface area contributed by atoms with Crippen LogP contribution in [-0.2, 0) is 4.74 Å². The summed E-state index contributed by atoms with van der Waals surface area (Å²) in [6.45, 7) is 4.34. The third-order valence-corrected chi connectivity index (χ3v) is 6.62. The molecular weight excluding hydrogens is 500 g/mol. The van der Waals surface area contributed by atoms with Crippen molar-refractivity contribution in [1.82, 2.24) is 14.5 Å².